The zero-order valence-electron chi connectivity index (χ0n) is 16.0. The smallest absolute Gasteiger partial charge is 0.143 e. The summed E-state index contributed by atoms with van der Waals surface area (Å²) >= 11 is 0. The molecule has 0 aromatic carbocycles. The first-order valence-electron chi connectivity index (χ1n) is 10.2. The minimum Gasteiger partial charge on any atom is -0.467 e. The lowest BCUT2D eigenvalue weighted by Crippen LogP contribution is -2.49. The first-order valence-corrected chi connectivity index (χ1v) is 10.2. The highest BCUT2D eigenvalue weighted by atomic mass is 16.5. The van der Waals surface area contributed by atoms with Gasteiger partial charge in [0.15, 0.2) is 0 Å². The second-order valence-electron chi connectivity index (χ2n) is 8.18. The largest absolute Gasteiger partial charge is 0.467 e. The summed E-state index contributed by atoms with van der Waals surface area (Å²) in [6.07, 6.45) is 15.7. The Bertz CT molecular complexity index is 788. The molecule has 2 saturated heterocycles. The lowest BCUT2D eigenvalue weighted by molar-refractivity contribution is 0.113. The molecule has 3 unspecified atom stereocenters. The maximum atomic E-state index is 9.19. The molecule has 4 nitrogen and oxygen atoms in total. The molecule has 4 rings (SSSR count). The molecule has 0 saturated carbocycles. The number of hydrogen-bond acceptors (Lipinski definition) is 4. The third-order valence-electron chi connectivity index (χ3n) is 6.29. The molecule has 1 aliphatic carbocycles. The number of piperidine rings is 2. The second kappa shape index (κ2) is 7.75. The Balaban J connectivity index is 1.45. The predicted octanol–water partition coefficient (Wildman–Crippen LogP) is 4.60. The first kappa shape index (κ1) is 18.1. The number of nitrogens with zero attached hydrogens (tertiary/aromatic N) is 3. The van der Waals surface area contributed by atoms with Gasteiger partial charge < -0.3 is 4.74 Å². The van der Waals surface area contributed by atoms with Crippen molar-refractivity contribution in [2.24, 2.45) is 17.8 Å². The fourth-order valence-corrected chi connectivity index (χ4v) is 5.15. The van der Waals surface area contributed by atoms with Gasteiger partial charge in [-0.25, -0.2) is 0 Å². The Morgan fingerprint density at radius 2 is 1.96 bits per heavy atom. The maximum absolute atomic E-state index is 9.19. The minimum absolute atomic E-state index is 0.169. The minimum atomic E-state index is -0.647. The van der Waals surface area contributed by atoms with Crippen molar-refractivity contribution in [2.45, 2.75) is 51.5 Å². The Kier molecular flexibility index (Phi) is 5.19. The van der Waals surface area contributed by atoms with E-state index in [2.05, 4.69) is 29.2 Å². The van der Waals surface area contributed by atoms with Crippen LogP contribution in [0.15, 0.2) is 47.0 Å². The first-order chi connectivity index (χ1) is 13.2. The lowest BCUT2D eigenvalue weighted by atomic mass is 9.75. The molecule has 3 aliphatic heterocycles. The summed E-state index contributed by atoms with van der Waals surface area (Å²) in [5.74, 6) is 1.54. The van der Waals surface area contributed by atoms with E-state index in [4.69, 9.17) is 4.74 Å². The number of ether oxygens (including phenoxy) is 1. The molecule has 27 heavy (non-hydrogen) atoms. The fourth-order valence-electron chi connectivity index (χ4n) is 5.15. The van der Waals surface area contributed by atoms with Crippen LogP contribution >= 0.6 is 0 Å². The molecule has 0 radical (unpaired) electrons. The van der Waals surface area contributed by atoms with Crippen molar-refractivity contribution >= 4 is 0 Å². The third kappa shape index (κ3) is 3.73. The summed E-state index contributed by atoms with van der Waals surface area (Å²) in [4.78, 5) is 2.69. The zero-order chi connectivity index (χ0) is 18.8. The van der Waals surface area contributed by atoms with Crippen LogP contribution in [-0.2, 0) is 4.74 Å². The molecule has 4 aliphatic rings. The van der Waals surface area contributed by atoms with Crippen LogP contribution in [0.25, 0.3) is 0 Å². The number of rotatable bonds is 4. The zero-order valence-corrected chi connectivity index (χ0v) is 16.0. The normalized spacial score (nSPS) is 30.0. The molecule has 2 fully saturated rings. The second-order valence-corrected chi connectivity index (χ2v) is 8.18. The molecule has 3 atom stereocenters. The lowest BCUT2D eigenvalue weighted by Gasteiger charge is -2.47. The predicted molar refractivity (Wildman–Crippen MR) is 104 cm³/mol. The molecule has 0 aromatic rings. The van der Waals surface area contributed by atoms with Crippen LogP contribution in [0.4, 0.5) is 0 Å². The average Bonchev–Trinajstić information content (AvgIpc) is 2.67. The van der Waals surface area contributed by atoms with Crippen LogP contribution in [-0.4, -0.2) is 24.0 Å². The van der Waals surface area contributed by atoms with Gasteiger partial charge in [-0.3, -0.25) is 4.90 Å². The highest BCUT2D eigenvalue weighted by Gasteiger charge is 2.36. The molecule has 0 N–H and O–H groups in total. The van der Waals surface area contributed by atoms with Crippen LogP contribution in [0.1, 0.15) is 45.4 Å². The third-order valence-corrected chi connectivity index (χ3v) is 6.29. The summed E-state index contributed by atoms with van der Waals surface area (Å²) in [7, 11) is 0. The number of hydrogen-bond donors (Lipinski definition) is 0. The van der Waals surface area contributed by atoms with E-state index in [0.29, 0.717) is 12.0 Å². The van der Waals surface area contributed by atoms with E-state index in [0.717, 1.165) is 24.4 Å². The van der Waals surface area contributed by atoms with Gasteiger partial charge in [-0.1, -0.05) is 23.3 Å². The van der Waals surface area contributed by atoms with Gasteiger partial charge in [0.05, 0.1) is 17.9 Å². The van der Waals surface area contributed by atoms with E-state index in [1.807, 2.05) is 19.1 Å². The van der Waals surface area contributed by atoms with E-state index in [1.54, 1.807) is 5.57 Å². The standard InChI is InChI=1S/C23H27N3O/c1-16-10-20(21(14-24)15-25)13-22(27-16)7-6-17-11-18-4-2-8-26-9-3-5-19(12-17)23(18)26/h10-13,18,20-21,23H,2-9H2,1H3. The SMILES string of the molecule is CC1=CC(C(C#N)C#N)C=C(CCC2=CC3CCCN4CCCC(=C2)C34)O1. The van der Waals surface area contributed by atoms with Crippen molar-refractivity contribution in [3.8, 4) is 12.1 Å². The Morgan fingerprint density at radius 1 is 1.15 bits per heavy atom. The van der Waals surface area contributed by atoms with Crippen molar-refractivity contribution in [2.75, 3.05) is 13.1 Å². The van der Waals surface area contributed by atoms with E-state index in [9.17, 15) is 10.5 Å². The molecule has 0 amide bonds. The molecule has 4 heteroatoms. The molecule has 3 heterocycles. The van der Waals surface area contributed by atoms with Crippen LogP contribution in [0.5, 0.6) is 0 Å². The van der Waals surface area contributed by atoms with Crippen LogP contribution in [0.3, 0.4) is 0 Å². The summed E-state index contributed by atoms with van der Waals surface area (Å²) in [6.45, 7) is 4.42. The van der Waals surface area contributed by atoms with Gasteiger partial charge in [0.2, 0.25) is 0 Å². The topological polar surface area (TPSA) is 60.0 Å². The molecule has 0 aromatic heterocycles. The van der Waals surface area contributed by atoms with Gasteiger partial charge in [0.1, 0.15) is 11.7 Å². The van der Waals surface area contributed by atoms with E-state index >= 15 is 0 Å². The van der Waals surface area contributed by atoms with Gasteiger partial charge in [-0.15, -0.1) is 0 Å². The van der Waals surface area contributed by atoms with Crippen molar-refractivity contribution in [1.82, 2.24) is 4.90 Å². The van der Waals surface area contributed by atoms with E-state index in [-0.39, 0.29) is 5.92 Å². The Labute approximate surface area is 162 Å². The van der Waals surface area contributed by atoms with Gasteiger partial charge in [0, 0.05) is 18.4 Å². The van der Waals surface area contributed by atoms with E-state index in [1.165, 1.54) is 44.3 Å². The Morgan fingerprint density at radius 3 is 2.78 bits per heavy atom. The van der Waals surface area contributed by atoms with Crippen molar-refractivity contribution in [1.29, 1.82) is 10.5 Å². The molecule has 0 spiro atoms. The molecular formula is C23H27N3O. The van der Waals surface area contributed by atoms with Crippen molar-refractivity contribution < 1.29 is 4.74 Å². The average molecular weight is 361 g/mol. The van der Waals surface area contributed by atoms with Crippen LogP contribution in [0, 0.1) is 40.4 Å². The Hall–Kier alpha value is -2.30. The van der Waals surface area contributed by atoms with Gasteiger partial charge in [0.25, 0.3) is 0 Å². The summed E-state index contributed by atoms with van der Waals surface area (Å²) < 4.78 is 5.88. The quantitative estimate of drug-likeness (QED) is 0.734. The monoisotopic (exact) mass is 361 g/mol. The highest BCUT2D eigenvalue weighted by Crippen LogP contribution is 2.40. The van der Waals surface area contributed by atoms with Crippen molar-refractivity contribution in [3.63, 3.8) is 0 Å². The number of allylic oxidation sites excluding steroid dienone is 6. The number of nitriles is 2. The van der Waals surface area contributed by atoms with Crippen LogP contribution in [0.2, 0.25) is 0 Å². The molecular weight excluding hydrogens is 334 g/mol. The molecule has 0 bridgehead atoms. The fraction of sp³-hybridized carbons (Fsp3) is 0.565. The molecule has 140 valence electrons. The maximum Gasteiger partial charge on any atom is 0.143 e. The highest BCUT2D eigenvalue weighted by molar-refractivity contribution is 5.36. The summed E-state index contributed by atoms with van der Waals surface area (Å²) in [5.41, 5.74) is 3.06. The summed E-state index contributed by atoms with van der Waals surface area (Å²) in [5, 5.41) is 18.4. The van der Waals surface area contributed by atoms with Gasteiger partial charge >= 0.3 is 0 Å². The van der Waals surface area contributed by atoms with E-state index < -0.39 is 5.92 Å². The summed E-state index contributed by atoms with van der Waals surface area (Å²) in [6, 6.07) is 4.84. The van der Waals surface area contributed by atoms with Gasteiger partial charge in [-0.05, 0) is 70.2 Å². The van der Waals surface area contributed by atoms with Crippen LogP contribution < -0.4 is 0 Å². The van der Waals surface area contributed by atoms with Gasteiger partial charge in [-0.2, -0.15) is 10.5 Å². The van der Waals surface area contributed by atoms with Crippen molar-refractivity contribution in [3.05, 3.63) is 47.0 Å².